The number of hydrogen-bond donors (Lipinski definition) is 2. The molecule has 0 amide bonds. The second-order valence-corrected chi connectivity index (χ2v) is 5.23. The Morgan fingerprint density at radius 3 is 2.85 bits per heavy atom. The van der Waals surface area contributed by atoms with Crippen LogP contribution >= 0.6 is 11.8 Å². The number of aliphatic carboxylic acids is 1. The van der Waals surface area contributed by atoms with E-state index in [-0.39, 0.29) is 10.9 Å². The number of rotatable bonds is 3. The Hall–Kier alpha value is -0.220. The molecule has 0 spiro atoms. The minimum atomic E-state index is -0.737. The van der Waals surface area contributed by atoms with E-state index in [1.165, 1.54) is 0 Å². The van der Waals surface area contributed by atoms with Gasteiger partial charge in [0.1, 0.15) is 6.04 Å². The van der Waals surface area contributed by atoms with E-state index in [2.05, 4.69) is 26.1 Å². The Morgan fingerprint density at radius 2 is 2.46 bits per heavy atom. The van der Waals surface area contributed by atoms with E-state index >= 15 is 0 Å². The Balaban J connectivity index is 2.60. The first-order chi connectivity index (χ1) is 5.99. The monoisotopic (exact) mass is 203 g/mol. The van der Waals surface area contributed by atoms with Crippen molar-refractivity contribution in [3.8, 4) is 0 Å². The van der Waals surface area contributed by atoms with Crippen LogP contribution in [0.1, 0.15) is 27.2 Å². The number of carboxylic acids is 1. The highest BCUT2D eigenvalue weighted by molar-refractivity contribution is 8.00. The second-order valence-electron chi connectivity index (χ2n) is 3.76. The third-order valence-electron chi connectivity index (χ3n) is 2.86. The molecule has 3 unspecified atom stereocenters. The molecule has 1 aliphatic heterocycles. The van der Waals surface area contributed by atoms with Gasteiger partial charge in [-0.25, -0.2) is 0 Å². The van der Waals surface area contributed by atoms with Crippen LogP contribution < -0.4 is 5.32 Å². The lowest BCUT2D eigenvalue weighted by atomic mass is 9.99. The van der Waals surface area contributed by atoms with E-state index in [4.69, 9.17) is 5.11 Å². The van der Waals surface area contributed by atoms with Crippen LogP contribution in [0, 0.1) is 5.92 Å². The summed E-state index contributed by atoms with van der Waals surface area (Å²) >= 11 is 1.72. The molecule has 1 aliphatic rings. The first-order valence-corrected chi connectivity index (χ1v) is 5.62. The normalized spacial score (nSPS) is 36.1. The summed E-state index contributed by atoms with van der Waals surface area (Å²) in [5.41, 5.74) is 0. The van der Waals surface area contributed by atoms with Crippen LogP contribution in [0.15, 0.2) is 0 Å². The molecule has 0 aromatic rings. The molecule has 76 valence electrons. The zero-order valence-electron chi connectivity index (χ0n) is 8.33. The van der Waals surface area contributed by atoms with E-state index in [0.29, 0.717) is 11.7 Å². The highest BCUT2D eigenvalue weighted by Gasteiger charge is 2.41. The zero-order chi connectivity index (χ0) is 10.1. The molecule has 1 fully saturated rings. The molecule has 0 aromatic carbocycles. The Labute approximate surface area is 83.3 Å². The number of carbonyl (C=O) groups is 1. The highest BCUT2D eigenvalue weighted by Crippen LogP contribution is 2.37. The van der Waals surface area contributed by atoms with E-state index in [9.17, 15) is 4.79 Å². The lowest BCUT2D eigenvalue weighted by Crippen LogP contribution is -2.46. The first kappa shape index (κ1) is 10.9. The van der Waals surface area contributed by atoms with Crippen molar-refractivity contribution < 1.29 is 9.90 Å². The van der Waals surface area contributed by atoms with Crippen LogP contribution in [-0.4, -0.2) is 27.7 Å². The maximum atomic E-state index is 10.7. The summed E-state index contributed by atoms with van der Waals surface area (Å²) in [5.74, 6) is 0.442. The predicted octanol–water partition coefficient (Wildman–Crippen LogP) is 1.54. The van der Waals surface area contributed by atoms with Crippen molar-refractivity contribution in [3.05, 3.63) is 0 Å². The van der Waals surface area contributed by atoms with Crippen molar-refractivity contribution in [2.24, 2.45) is 5.92 Å². The van der Waals surface area contributed by atoms with Gasteiger partial charge in [-0.3, -0.25) is 10.1 Å². The summed E-state index contributed by atoms with van der Waals surface area (Å²) in [6.07, 6.45) is 1.07. The number of thioether (sulfide) groups is 1. The molecule has 0 saturated carbocycles. The second kappa shape index (κ2) is 3.88. The highest BCUT2D eigenvalue weighted by atomic mass is 32.2. The van der Waals surface area contributed by atoms with Crippen LogP contribution in [0.3, 0.4) is 0 Å². The topological polar surface area (TPSA) is 49.3 Å². The predicted molar refractivity (Wildman–Crippen MR) is 54.9 cm³/mol. The molecule has 0 radical (unpaired) electrons. The quantitative estimate of drug-likeness (QED) is 0.730. The summed E-state index contributed by atoms with van der Waals surface area (Å²) in [6.45, 7) is 6.38. The van der Waals surface area contributed by atoms with Crippen molar-refractivity contribution in [1.29, 1.82) is 0 Å². The molecular formula is C9H17NO2S. The van der Waals surface area contributed by atoms with Gasteiger partial charge in [0.05, 0.1) is 4.87 Å². The molecule has 0 aliphatic carbocycles. The molecule has 3 nitrogen and oxygen atoms in total. The molecule has 0 bridgehead atoms. The smallest absolute Gasteiger partial charge is 0.321 e. The largest absolute Gasteiger partial charge is 0.480 e. The summed E-state index contributed by atoms with van der Waals surface area (Å²) in [7, 11) is 0. The fourth-order valence-corrected chi connectivity index (χ4v) is 2.91. The third-order valence-corrected chi connectivity index (χ3v) is 4.48. The van der Waals surface area contributed by atoms with Crippen LogP contribution in [0.4, 0.5) is 0 Å². The van der Waals surface area contributed by atoms with Crippen molar-refractivity contribution >= 4 is 17.7 Å². The molecule has 1 rings (SSSR count). The first-order valence-electron chi connectivity index (χ1n) is 4.64. The summed E-state index contributed by atoms with van der Waals surface area (Å²) in [5, 5.41) is 12.0. The lowest BCUT2D eigenvalue weighted by Gasteiger charge is -2.30. The minimum Gasteiger partial charge on any atom is -0.480 e. The number of carboxylic acid groups (broad SMARTS) is 1. The van der Waals surface area contributed by atoms with Crippen molar-refractivity contribution in [2.75, 3.05) is 5.75 Å². The van der Waals surface area contributed by atoms with Gasteiger partial charge in [-0.05, 0) is 12.8 Å². The van der Waals surface area contributed by atoms with E-state index in [1.807, 2.05) is 0 Å². The van der Waals surface area contributed by atoms with Crippen molar-refractivity contribution in [3.63, 3.8) is 0 Å². The average Bonchev–Trinajstić information content (AvgIpc) is 2.48. The van der Waals surface area contributed by atoms with E-state index < -0.39 is 5.97 Å². The SMILES string of the molecule is CCC(C)C1(C)NC(C(=O)O)CS1. The van der Waals surface area contributed by atoms with Gasteiger partial charge >= 0.3 is 5.97 Å². The zero-order valence-corrected chi connectivity index (χ0v) is 9.15. The molecule has 2 N–H and O–H groups in total. The summed E-state index contributed by atoms with van der Waals surface area (Å²) in [4.78, 5) is 10.7. The van der Waals surface area contributed by atoms with Crippen LogP contribution in [0.5, 0.6) is 0 Å². The van der Waals surface area contributed by atoms with Crippen LogP contribution in [-0.2, 0) is 4.79 Å². The van der Waals surface area contributed by atoms with Gasteiger partial charge in [0, 0.05) is 5.75 Å². The molecular weight excluding hydrogens is 186 g/mol. The summed E-state index contributed by atoms with van der Waals surface area (Å²) < 4.78 is 0. The molecule has 13 heavy (non-hydrogen) atoms. The van der Waals surface area contributed by atoms with Gasteiger partial charge in [0.25, 0.3) is 0 Å². The van der Waals surface area contributed by atoms with Gasteiger partial charge in [0.15, 0.2) is 0 Å². The lowest BCUT2D eigenvalue weighted by molar-refractivity contribution is -0.138. The van der Waals surface area contributed by atoms with Gasteiger partial charge in [0.2, 0.25) is 0 Å². The minimum absolute atomic E-state index is 0.0577. The van der Waals surface area contributed by atoms with E-state index in [0.717, 1.165) is 6.42 Å². The van der Waals surface area contributed by atoms with Gasteiger partial charge in [-0.1, -0.05) is 20.3 Å². The van der Waals surface area contributed by atoms with Gasteiger partial charge in [-0.15, -0.1) is 11.8 Å². The maximum Gasteiger partial charge on any atom is 0.321 e. The van der Waals surface area contributed by atoms with Crippen molar-refractivity contribution in [2.45, 2.75) is 38.1 Å². The number of nitrogens with one attached hydrogen (secondary N) is 1. The molecule has 4 heteroatoms. The van der Waals surface area contributed by atoms with Gasteiger partial charge in [-0.2, -0.15) is 0 Å². The molecule has 1 heterocycles. The fraction of sp³-hybridized carbons (Fsp3) is 0.889. The summed E-state index contributed by atoms with van der Waals surface area (Å²) in [6, 6.07) is -0.371. The molecule has 0 aromatic heterocycles. The Morgan fingerprint density at radius 1 is 1.85 bits per heavy atom. The van der Waals surface area contributed by atoms with Crippen molar-refractivity contribution in [1.82, 2.24) is 5.32 Å². The maximum absolute atomic E-state index is 10.7. The Bertz CT molecular complexity index is 210. The van der Waals surface area contributed by atoms with Crippen LogP contribution in [0.25, 0.3) is 0 Å². The number of hydrogen-bond acceptors (Lipinski definition) is 3. The van der Waals surface area contributed by atoms with Gasteiger partial charge < -0.3 is 5.11 Å². The molecule has 1 saturated heterocycles. The Kier molecular flexibility index (Phi) is 3.24. The van der Waals surface area contributed by atoms with Crippen LogP contribution in [0.2, 0.25) is 0 Å². The van der Waals surface area contributed by atoms with E-state index in [1.54, 1.807) is 11.8 Å². The third kappa shape index (κ3) is 2.17. The standard InChI is InChI=1S/C9H17NO2S/c1-4-6(2)9(3)10-7(5-13-9)8(11)12/h6-7,10H,4-5H2,1-3H3,(H,11,12). The average molecular weight is 203 g/mol. The fourth-order valence-electron chi connectivity index (χ4n) is 1.49. The molecule has 3 atom stereocenters.